The second kappa shape index (κ2) is 6.57. The predicted octanol–water partition coefficient (Wildman–Crippen LogP) is 3.09. The number of nitrogens with one attached hydrogen (secondary N) is 1. The first-order valence-electron chi connectivity index (χ1n) is 8.66. The first-order chi connectivity index (χ1) is 11.3. The maximum absolute atomic E-state index is 11.5. The van der Waals surface area contributed by atoms with Crippen molar-refractivity contribution in [3.63, 3.8) is 0 Å². The van der Waals surface area contributed by atoms with Crippen LogP contribution in [0, 0.1) is 0 Å². The van der Waals surface area contributed by atoms with Gasteiger partial charge in [-0.05, 0) is 69.2 Å². The molecule has 0 amide bonds. The van der Waals surface area contributed by atoms with E-state index in [0.29, 0.717) is 5.92 Å². The van der Waals surface area contributed by atoms with Gasteiger partial charge in [-0.1, -0.05) is 0 Å². The monoisotopic (exact) mass is 329 g/mol. The number of likely N-dealkylation sites (tertiary alicyclic amines) is 1. The van der Waals surface area contributed by atoms with Crippen LogP contribution in [0.4, 0.5) is 0 Å². The summed E-state index contributed by atoms with van der Waals surface area (Å²) in [6.45, 7) is 3.20. The van der Waals surface area contributed by atoms with Crippen molar-refractivity contribution >= 4 is 11.3 Å². The molecule has 1 fully saturated rings. The smallest absolute Gasteiger partial charge is 0.248 e. The number of H-pyrrole nitrogens is 1. The summed E-state index contributed by atoms with van der Waals surface area (Å²) in [5.74, 6) is 0.526. The molecule has 1 aliphatic carbocycles. The molecule has 1 aliphatic heterocycles. The Balaban J connectivity index is 1.36. The third-order valence-electron chi connectivity index (χ3n) is 5.11. The summed E-state index contributed by atoms with van der Waals surface area (Å²) >= 11 is 1.93. The lowest BCUT2D eigenvalue weighted by Gasteiger charge is -2.31. The van der Waals surface area contributed by atoms with Crippen LogP contribution in [-0.4, -0.2) is 28.0 Å². The van der Waals surface area contributed by atoms with Gasteiger partial charge in [-0.3, -0.25) is 9.69 Å². The molecule has 1 N–H and O–H groups in total. The molecule has 0 saturated carbocycles. The van der Waals surface area contributed by atoms with E-state index in [4.69, 9.17) is 4.98 Å². The molecule has 0 spiro atoms. The minimum absolute atomic E-state index is 0.0123. The van der Waals surface area contributed by atoms with Gasteiger partial charge in [0.05, 0.1) is 12.2 Å². The third kappa shape index (κ3) is 3.40. The number of nitrogens with zero attached hydrogens (tertiary/aromatic N) is 2. The highest BCUT2D eigenvalue weighted by atomic mass is 32.1. The van der Waals surface area contributed by atoms with Crippen molar-refractivity contribution in [3.05, 3.63) is 49.8 Å². The Labute approximate surface area is 140 Å². The van der Waals surface area contributed by atoms with Gasteiger partial charge >= 0.3 is 0 Å². The second-order valence-corrected chi connectivity index (χ2v) is 7.89. The lowest BCUT2D eigenvalue weighted by atomic mass is 9.90. The third-order valence-corrected chi connectivity index (χ3v) is 6.25. The molecule has 2 aliphatic rings. The lowest BCUT2D eigenvalue weighted by molar-refractivity contribution is 0.204. The van der Waals surface area contributed by atoms with Crippen molar-refractivity contribution in [2.75, 3.05) is 13.1 Å². The quantitative estimate of drug-likeness (QED) is 0.941. The highest BCUT2D eigenvalue weighted by Crippen LogP contribution is 2.30. The van der Waals surface area contributed by atoms with Crippen LogP contribution < -0.4 is 5.56 Å². The van der Waals surface area contributed by atoms with E-state index in [1.54, 1.807) is 12.3 Å². The highest BCUT2D eigenvalue weighted by molar-refractivity contribution is 7.11. The topological polar surface area (TPSA) is 49.0 Å². The molecule has 2 aromatic heterocycles. The zero-order valence-electron chi connectivity index (χ0n) is 13.4. The van der Waals surface area contributed by atoms with Gasteiger partial charge in [0.25, 0.3) is 0 Å². The number of hydrogen-bond donors (Lipinski definition) is 1. The molecule has 2 aromatic rings. The number of hydrogen-bond acceptors (Lipinski definition) is 4. The summed E-state index contributed by atoms with van der Waals surface area (Å²) in [7, 11) is 0. The van der Waals surface area contributed by atoms with Gasteiger partial charge in [0.15, 0.2) is 0 Å². The van der Waals surface area contributed by atoms with Crippen LogP contribution in [0.15, 0.2) is 23.1 Å². The van der Waals surface area contributed by atoms with E-state index in [2.05, 4.69) is 16.0 Å². The van der Waals surface area contributed by atoms with Gasteiger partial charge in [-0.15, -0.1) is 11.3 Å². The van der Waals surface area contributed by atoms with E-state index in [0.717, 1.165) is 32.5 Å². The predicted molar refractivity (Wildman–Crippen MR) is 93.1 cm³/mol. The van der Waals surface area contributed by atoms with Crippen molar-refractivity contribution in [2.24, 2.45) is 0 Å². The molecule has 0 radical (unpaired) electrons. The molecule has 0 unspecified atom stereocenters. The van der Waals surface area contributed by atoms with E-state index in [1.165, 1.54) is 46.8 Å². The fourth-order valence-electron chi connectivity index (χ4n) is 3.80. The van der Waals surface area contributed by atoms with Crippen molar-refractivity contribution in [1.29, 1.82) is 0 Å². The van der Waals surface area contributed by atoms with Gasteiger partial charge in [-0.25, -0.2) is 4.98 Å². The zero-order chi connectivity index (χ0) is 15.6. The summed E-state index contributed by atoms with van der Waals surface area (Å²) in [6.07, 6.45) is 9.08. The summed E-state index contributed by atoms with van der Waals surface area (Å²) < 4.78 is 0. The molecule has 4 rings (SSSR count). The molecule has 0 aromatic carbocycles. The number of fused-ring (bicyclic) bond motifs is 1. The Morgan fingerprint density at radius 3 is 2.87 bits per heavy atom. The van der Waals surface area contributed by atoms with Crippen molar-refractivity contribution in [3.8, 4) is 0 Å². The van der Waals surface area contributed by atoms with Crippen LogP contribution >= 0.6 is 11.3 Å². The molecule has 4 nitrogen and oxygen atoms in total. The minimum Gasteiger partial charge on any atom is -0.329 e. The van der Waals surface area contributed by atoms with E-state index in [9.17, 15) is 4.79 Å². The van der Waals surface area contributed by atoms with Crippen LogP contribution in [0.1, 0.15) is 52.7 Å². The molecular weight excluding hydrogens is 306 g/mol. The molecule has 5 heteroatoms. The van der Waals surface area contributed by atoms with Crippen LogP contribution in [0.3, 0.4) is 0 Å². The van der Waals surface area contributed by atoms with Gasteiger partial charge in [0.1, 0.15) is 5.01 Å². The lowest BCUT2D eigenvalue weighted by Crippen LogP contribution is -2.32. The molecule has 1 saturated heterocycles. The maximum Gasteiger partial charge on any atom is 0.248 e. The zero-order valence-corrected chi connectivity index (χ0v) is 14.2. The molecular formula is C18H23N3OS. The van der Waals surface area contributed by atoms with Crippen LogP contribution in [0.2, 0.25) is 0 Å². The van der Waals surface area contributed by atoms with E-state index >= 15 is 0 Å². The number of aromatic nitrogens is 2. The summed E-state index contributed by atoms with van der Waals surface area (Å²) in [5.41, 5.74) is 2.58. The number of rotatable bonds is 3. The Morgan fingerprint density at radius 1 is 1.26 bits per heavy atom. The van der Waals surface area contributed by atoms with Crippen LogP contribution in [-0.2, 0) is 19.4 Å². The Morgan fingerprint density at radius 2 is 2.09 bits per heavy atom. The summed E-state index contributed by atoms with van der Waals surface area (Å²) in [5, 5.41) is 1.30. The summed E-state index contributed by atoms with van der Waals surface area (Å²) in [6, 6.07) is 3.81. The average Bonchev–Trinajstić information content (AvgIpc) is 2.98. The standard InChI is InChI=1S/C18H23N3OS/c22-17-11-14(5-8-19-17)13-6-9-21(10-7-13)12-18-20-15-3-1-2-4-16(15)23-18/h5,8,11,13H,1-4,6-7,9-10,12H2,(H,19,22). The SMILES string of the molecule is O=c1cc(C2CCN(Cc3nc4c(s3)CCCC4)CC2)cc[nH]1. The average molecular weight is 329 g/mol. The van der Waals surface area contributed by atoms with Crippen molar-refractivity contribution < 1.29 is 0 Å². The normalized spacial score (nSPS) is 19.7. The number of thiazole rings is 1. The Hall–Kier alpha value is -1.46. The van der Waals surface area contributed by atoms with Gasteiger partial charge < -0.3 is 4.98 Å². The van der Waals surface area contributed by atoms with E-state index < -0.39 is 0 Å². The largest absolute Gasteiger partial charge is 0.329 e. The number of aryl methyl sites for hydroxylation is 2. The molecule has 0 bridgehead atoms. The van der Waals surface area contributed by atoms with Gasteiger partial charge in [-0.2, -0.15) is 0 Å². The molecule has 3 heterocycles. The summed E-state index contributed by atoms with van der Waals surface area (Å²) in [4.78, 5) is 23.1. The molecule has 122 valence electrons. The van der Waals surface area contributed by atoms with Crippen molar-refractivity contribution in [1.82, 2.24) is 14.9 Å². The minimum atomic E-state index is 0.0123. The molecule has 0 atom stereocenters. The van der Waals surface area contributed by atoms with Gasteiger partial charge in [0, 0.05) is 17.1 Å². The van der Waals surface area contributed by atoms with Crippen LogP contribution in [0.25, 0.3) is 0 Å². The fourth-order valence-corrected chi connectivity index (χ4v) is 5.00. The maximum atomic E-state index is 11.5. The van der Waals surface area contributed by atoms with Gasteiger partial charge in [0.2, 0.25) is 5.56 Å². The Bertz CT molecular complexity index is 704. The van der Waals surface area contributed by atoms with E-state index in [1.807, 2.05) is 11.3 Å². The number of aromatic amines is 1. The number of pyridine rings is 1. The first-order valence-corrected chi connectivity index (χ1v) is 9.48. The van der Waals surface area contributed by atoms with Crippen LogP contribution in [0.5, 0.6) is 0 Å². The number of piperidine rings is 1. The fraction of sp³-hybridized carbons (Fsp3) is 0.556. The first kappa shape index (κ1) is 15.1. The van der Waals surface area contributed by atoms with Crippen molar-refractivity contribution in [2.45, 2.75) is 51.0 Å². The highest BCUT2D eigenvalue weighted by Gasteiger charge is 2.22. The second-order valence-electron chi connectivity index (χ2n) is 6.72. The Kier molecular flexibility index (Phi) is 4.31. The van der Waals surface area contributed by atoms with E-state index in [-0.39, 0.29) is 5.56 Å². The molecule has 23 heavy (non-hydrogen) atoms.